The van der Waals surface area contributed by atoms with Crippen molar-refractivity contribution in [2.45, 2.75) is 12.1 Å². The van der Waals surface area contributed by atoms with Crippen LogP contribution in [0, 0.1) is 0 Å². The Hall–Kier alpha value is -3.17. The molecule has 9 heteroatoms. The lowest BCUT2D eigenvalue weighted by atomic mass is 9.97. The minimum Gasteiger partial charge on any atom is -0.493 e. The molecule has 2 aromatic heterocycles. The fourth-order valence-electron chi connectivity index (χ4n) is 3.67. The number of ether oxygens (including phenoxy) is 3. The van der Waals surface area contributed by atoms with Crippen molar-refractivity contribution in [3.8, 4) is 11.5 Å². The van der Waals surface area contributed by atoms with Crippen LogP contribution in [0.15, 0.2) is 42.7 Å². The van der Waals surface area contributed by atoms with Crippen LogP contribution < -0.4 is 9.47 Å². The number of rotatable bonds is 5. The van der Waals surface area contributed by atoms with Crippen LogP contribution in [0.25, 0.3) is 5.65 Å². The van der Waals surface area contributed by atoms with E-state index in [1.54, 1.807) is 49.6 Å². The zero-order valence-electron chi connectivity index (χ0n) is 16.2. The fraction of sp³-hybridized carbons (Fsp3) is 0.350. The number of nitrogens with zero attached hydrogens (tertiary/aromatic N) is 4. The molecule has 2 atom stereocenters. The van der Waals surface area contributed by atoms with Crippen molar-refractivity contribution in [1.82, 2.24) is 19.5 Å². The number of methoxy groups -OCH3 is 2. The number of morpholine rings is 1. The first kappa shape index (κ1) is 19.2. The highest BCUT2D eigenvalue weighted by molar-refractivity contribution is 5.93. The van der Waals surface area contributed by atoms with Gasteiger partial charge in [0.2, 0.25) is 0 Å². The van der Waals surface area contributed by atoms with Gasteiger partial charge in [0.1, 0.15) is 6.10 Å². The third kappa shape index (κ3) is 3.39. The molecule has 0 spiro atoms. The van der Waals surface area contributed by atoms with E-state index in [2.05, 4.69) is 10.1 Å². The van der Waals surface area contributed by atoms with Gasteiger partial charge >= 0.3 is 0 Å². The van der Waals surface area contributed by atoms with E-state index in [0.29, 0.717) is 36.0 Å². The molecule has 152 valence electrons. The summed E-state index contributed by atoms with van der Waals surface area (Å²) < 4.78 is 18.0. The van der Waals surface area contributed by atoms with E-state index >= 15 is 0 Å². The second-order valence-corrected chi connectivity index (χ2v) is 6.59. The van der Waals surface area contributed by atoms with Crippen LogP contribution in [0.5, 0.6) is 11.5 Å². The Kier molecular flexibility index (Phi) is 5.32. The Bertz CT molecular complexity index is 1020. The molecule has 0 saturated carbocycles. The molecular formula is C20H22N4O5. The second kappa shape index (κ2) is 8.06. The molecule has 1 fully saturated rings. The molecule has 1 amide bonds. The Morgan fingerprint density at radius 3 is 2.86 bits per heavy atom. The normalized spacial score (nSPS) is 19.3. The van der Waals surface area contributed by atoms with Crippen LogP contribution >= 0.6 is 0 Å². The third-order valence-corrected chi connectivity index (χ3v) is 5.04. The van der Waals surface area contributed by atoms with Crippen LogP contribution in [-0.2, 0) is 4.74 Å². The van der Waals surface area contributed by atoms with Crippen LogP contribution in [0.3, 0.4) is 0 Å². The van der Waals surface area contributed by atoms with Gasteiger partial charge in [-0.3, -0.25) is 4.79 Å². The molecular weight excluding hydrogens is 376 g/mol. The Morgan fingerprint density at radius 2 is 2.10 bits per heavy atom. The van der Waals surface area contributed by atoms with Gasteiger partial charge in [0.15, 0.2) is 22.8 Å². The van der Waals surface area contributed by atoms with Crippen LogP contribution in [0.1, 0.15) is 22.1 Å². The van der Waals surface area contributed by atoms with E-state index in [1.165, 1.54) is 10.7 Å². The van der Waals surface area contributed by atoms with E-state index < -0.39 is 12.1 Å². The molecule has 1 aromatic carbocycles. The molecule has 1 N–H and O–H groups in total. The lowest BCUT2D eigenvalue weighted by molar-refractivity contribution is -0.0813. The third-order valence-electron chi connectivity index (χ3n) is 5.04. The zero-order valence-corrected chi connectivity index (χ0v) is 16.2. The number of benzene rings is 1. The average Bonchev–Trinajstić information content (AvgIpc) is 3.21. The lowest BCUT2D eigenvalue weighted by Gasteiger charge is -2.40. The molecule has 0 radical (unpaired) electrons. The van der Waals surface area contributed by atoms with Crippen LogP contribution in [0.2, 0.25) is 0 Å². The summed E-state index contributed by atoms with van der Waals surface area (Å²) in [5, 5.41) is 14.1. The number of aliphatic hydroxyl groups excluding tert-OH is 1. The van der Waals surface area contributed by atoms with Crippen molar-refractivity contribution < 1.29 is 24.1 Å². The van der Waals surface area contributed by atoms with Gasteiger partial charge in [-0.2, -0.15) is 5.10 Å². The van der Waals surface area contributed by atoms with Gasteiger partial charge in [-0.25, -0.2) is 9.50 Å². The Morgan fingerprint density at radius 1 is 1.28 bits per heavy atom. The molecule has 0 aliphatic carbocycles. The van der Waals surface area contributed by atoms with Gasteiger partial charge in [-0.1, -0.05) is 6.07 Å². The summed E-state index contributed by atoms with van der Waals surface area (Å²) in [6.45, 7) is 0.466. The van der Waals surface area contributed by atoms with E-state index in [0.717, 1.165) is 5.56 Å². The van der Waals surface area contributed by atoms with Gasteiger partial charge in [0.25, 0.3) is 5.91 Å². The minimum absolute atomic E-state index is 0.228. The number of fused-ring (bicyclic) bond motifs is 1. The van der Waals surface area contributed by atoms with Gasteiger partial charge < -0.3 is 24.2 Å². The van der Waals surface area contributed by atoms with E-state index in [4.69, 9.17) is 14.2 Å². The second-order valence-electron chi connectivity index (χ2n) is 6.59. The summed E-state index contributed by atoms with van der Waals surface area (Å²) >= 11 is 0. The van der Waals surface area contributed by atoms with Gasteiger partial charge in [-0.05, 0) is 29.8 Å². The summed E-state index contributed by atoms with van der Waals surface area (Å²) in [5.74, 6) is 0.881. The maximum absolute atomic E-state index is 13.4. The molecule has 29 heavy (non-hydrogen) atoms. The van der Waals surface area contributed by atoms with Crippen molar-refractivity contribution in [3.63, 3.8) is 0 Å². The quantitative estimate of drug-likeness (QED) is 0.692. The van der Waals surface area contributed by atoms with Gasteiger partial charge in [0, 0.05) is 12.7 Å². The number of amides is 1. The number of carbonyl (C=O) groups excluding carboxylic acids is 1. The number of carbonyl (C=O) groups is 1. The smallest absolute Gasteiger partial charge is 0.274 e. The van der Waals surface area contributed by atoms with Crippen LogP contribution in [-0.4, -0.2) is 70.6 Å². The first-order chi connectivity index (χ1) is 14.2. The lowest BCUT2D eigenvalue weighted by Crippen LogP contribution is -2.49. The average molecular weight is 398 g/mol. The van der Waals surface area contributed by atoms with Crippen molar-refractivity contribution in [2.24, 2.45) is 0 Å². The molecule has 3 aromatic rings. The van der Waals surface area contributed by atoms with E-state index in [1.807, 2.05) is 6.07 Å². The summed E-state index contributed by atoms with van der Waals surface area (Å²) in [4.78, 5) is 19.4. The minimum atomic E-state index is -0.571. The summed E-state index contributed by atoms with van der Waals surface area (Å²) in [6, 6.07) is 8.46. The molecule has 0 bridgehead atoms. The molecule has 9 nitrogen and oxygen atoms in total. The predicted molar refractivity (Wildman–Crippen MR) is 103 cm³/mol. The van der Waals surface area contributed by atoms with Crippen molar-refractivity contribution in [1.29, 1.82) is 0 Å². The Balaban J connectivity index is 1.75. The van der Waals surface area contributed by atoms with Crippen molar-refractivity contribution in [3.05, 3.63) is 54.0 Å². The van der Waals surface area contributed by atoms with E-state index in [-0.39, 0.29) is 12.5 Å². The number of hydrogen-bond acceptors (Lipinski definition) is 7. The fourth-order valence-corrected chi connectivity index (χ4v) is 3.67. The molecule has 3 heterocycles. The monoisotopic (exact) mass is 398 g/mol. The first-order valence-corrected chi connectivity index (χ1v) is 9.22. The van der Waals surface area contributed by atoms with Crippen molar-refractivity contribution >= 4 is 11.6 Å². The van der Waals surface area contributed by atoms with Gasteiger partial charge in [0.05, 0.1) is 39.7 Å². The number of imidazole rings is 1. The number of aromatic nitrogens is 3. The SMILES string of the molecule is COc1ccc([C@H]2[C@H](CO)OCCN2C(=O)c2cnc3cccnn23)cc1OC. The maximum atomic E-state index is 13.4. The number of hydrogen-bond donors (Lipinski definition) is 1. The highest BCUT2D eigenvalue weighted by Crippen LogP contribution is 2.36. The molecule has 1 aliphatic rings. The standard InChI is InChI=1S/C20H22N4O5/c1-27-15-6-5-13(10-16(15)28-2)19-17(12-25)29-9-8-23(19)20(26)14-11-21-18-4-3-7-22-24(14)18/h3-7,10-11,17,19,25H,8-9,12H2,1-2H3/t17-,19-/m0/s1. The topological polar surface area (TPSA) is 98.4 Å². The molecule has 1 aliphatic heterocycles. The molecule has 1 saturated heterocycles. The Labute approximate surface area is 167 Å². The highest BCUT2D eigenvalue weighted by atomic mass is 16.5. The summed E-state index contributed by atoms with van der Waals surface area (Å²) in [7, 11) is 3.11. The van der Waals surface area contributed by atoms with Crippen LogP contribution in [0.4, 0.5) is 0 Å². The largest absolute Gasteiger partial charge is 0.493 e. The highest BCUT2D eigenvalue weighted by Gasteiger charge is 2.38. The van der Waals surface area contributed by atoms with E-state index in [9.17, 15) is 9.90 Å². The zero-order chi connectivity index (χ0) is 20.4. The van der Waals surface area contributed by atoms with Gasteiger partial charge in [-0.15, -0.1) is 0 Å². The van der Waals surface area contributed by atoms with Crippen molar-refractivity contribution in [2.75, 3.05) is 34.0 Å². The summed E-state index contributed by atoms with van der Waals surface area (Å²) in [5.41, 5.74) is 1.71. The first-order valence-electron chi connectivity index (χ1n) is 9.22. The summed E-state index contributed by atoms with van der Waals surface area (Å²) in [6.07, 6.45) is 2.55. The number of aliphatic hydroxyl groups is 1. The molecule has 4 rings (SSSR count). The predicted octanol–water partition coefficient (Wildman–Crippen LogP) is 1.32. The molecule has 0 unspecified atom stereocenters. The maximum Gasteiger partial charge on any atom is 0.274 e.